The molecule has 0 aliphatic heterocycles. The Balaban J connectivity index is 4.78. The molecule has 0 aromatic carbocycles. The zero-order chi connectivity index (χ0) is 14.8. The van der Waals surface area contributed by atoms with Crippen LogP contribution in [0.25, 0.3) is 0 Å². The van der Waals surface area contributed by atoms with E-state index in [1.54, 1.807) is 0 Å². The minimum absolute atomic E-state index is 0.0938. The summed E-state index contributed by atoms with van der Waals surface area (Å²) in [5.41, 5.74) is -0.443. The second-order valence-electron chi connectivity index (χ2n) is 3.00. The molecule has 0 aliphatic carbocycles. The molecular formula is C8H7F7O3. The first-order valence-electron chi connectivity index (χ1n) is 4.27. The Morgan fingerprint density at radius 1 is 1.11 bits per heavy atom. The quantitative estimate of drug-likeness (QED) is 0.336. The van der Waals surface area contributed by atoms with E-state index in [0.29, 0.717) is 0 Å². The predicted molar refractivity (Wildman–Crippen MR) is 42.6 cm³/mol. The first kappa shape index (κ1) is 16.7. The second-order valence-corrected chi connectivity index (χ2v) is 3.00. The van der Waals surface area contributed by atoms with Gasteiger partial charge in [0.05, 0.1) is 0 Å². The van der Waals surface area contributed by atoms with E-state index in [-0.39, 0.29) is 6.42 Å². The lowest BCUT2D eigenvalue weighted by molar-refractivity contribution is -0.498. The number of halogens is 7. The third-order valence-corrected chi connectivity index (χ3v) is 1.66. The molecule has 0 heterocycles. The minimum Gasteiger partial charge on any atom is -0.287 e. The van der Waals surface area contributed by atoms with Crippen LogP contribution in [0.4, 0.5) is 30.7 Å². The first-order valence-corrected chi connectivity index (χ1v) is 4.27. The van der Waals surface area contributed by atoms with Crippen LogP contribution in [0.1, 0.15) is 13.3 Å². The Labute approximate surface area is 96.1 Å². The smallest absolute Gasteiger partial charge is 0.287 e. The molecule has 18 heavy (non-hydrogen) atoms. The lowest BCUT2D eigenvalue weighted by Gasteiger charge is -2.25. The normalized spacial score (nSPS) is 13.3. The summed E-state index contributed by atoms with van der Waals surface area (Å²) in [6.07, 6.45) is -12.7. The Morgan fingerprint density at radius 2 is 1.56 bits per heavy atom. The van der Waals surface area contributed by atoms with Gasteiger partial charge >= 0.3 is 24.2 Å². The van der Waals surface area contributed by atoms with Crippen molar-refractivity contribution in [3.8, 4) is 0 Å². The third-order valence-electron chi connectivity index (χ3n) is 1.66. The standard InChI is InChI=1S/C8H7F7O3/c1-3-4(2)5(16)17-18-8(14,15)6(9,10)7(11,12)13/h2-3H2,1H3. The molecule has 0 aromatic rings. The molecular weight excluding hydrogens is 277 g/mol. The fourth-order valence-electron chi connectivity index (χ4n) is 0.511. The third kappa shape index (κ3) is 3.34. The molecule has 0 atom stereocenters. The van der Waals surface area contributed by atoms with Gasteiger partial charge < -0.3 is 0 Å². The monoisotopic (exact) mass is 284 g/mol. The van der Waals surface area contributed by atoms with Crippen molar-refractivity contribution in [1.82, 2.24) is 0 Å². The summed E-state index contributed by atoms with van der Waals surface area (Å²) in [6.45, 7) is 4.31. The maximum absolute atomic E-state index is 12.4. The molecule has 0 N–H and O–H groups in total. The molecule has 0 radical (unpaired) electrons. The minimum atomic E-state index is -6.56. The van der Waals surface area contributed by atoms with E-state index in [1.807, 2.05) is 0 Å². The molecule has 10 heteroatoms. The van der Waals surface area contributed by atoms with Crippen LogP contribution in [0, 0.1) is 0 Å². The topological polar surface area (TPSA) is 35.5 Å². The molecule has 0 bridgehead atoms. The van der Waals surface area contributed by atoms with E-state index >= 15 is 0 Å². The molecule has 3 nitrogen and oxygen atoms in total. The van der Waals surface area contributed by atoms with Crippen LogP contribution < -0.4 is 0 Å². The largest absolute Gasteiger partial charge is 0.464 e. The van der Waals surface area contributed by atoms with Crippen molar-refractivity contribution in [2.75, 3.05) is 0 Å². The van der Waals surface area contributed by atoms with Crippen LogP contribution in [0.15, 0.2) is 12.2 Å². The molecule has 0 fully saturated rings. The maximum Gasteiger partial charge on any atom is 0.464 e. The van der Waals surface area contributed by atoms with E-state index in [9.17, 15) is 35.5 Å². The average Bonchev–Trinajstić information content (AvgIpc) is 2.22. The number of hydrogen-bond acceptors (Lipinski definition) is 3. The van der Waals surface area contributed by atoms with E-state index < -0.39 is 29.7 Å². The van der Waals surface area contributed by atoms with Crippen LogP contribution >= 0.6 is 0 Å². The fourth-order valence-corrected chi connectivity index (χ4v) is 0.511. The highest BCUT2D eigenvalue weighted by Crippen LogP contribution is 2.47. The molecule has 0 spiro atoms. The average molecular weight is 284 g/mol. The summed E-state index contributed by atoms with van der Waals surface area (Å²) in [5, 5.41) is 0. The molecule has 106 valence electrons. The van der Waals surface area contributed by atoms with Crippen molar-refractivity contribution in [3.05, 3.63) is 12.2 Å². The van der Waals surface area contributed by atoms with Crippen LogP contribution in [0.5, 0.6) is 0 Å². The highest BCUT2D eigenvalue weighted by atomic mass is 19.4. The van der Waals surface area contributed by atoms with Crippen molar-refractivity contribution in [3.63, 3.8) is 0 Å². The molecule has 0 aromatic heterocycles. The highest BCUT2D eigenvalue weighted by molar-refractivity contribution is 5.87. The summed E-state index contributed by atoms with van der Waals surface area (Å²) in [6, 6.07) is 0. The lowest BCUT2D eigenvalue weighted by atomic mass is 10.2. The summed E-state index contributed by atoms with van der Waals surface area (Å²) in [5.74, 6) is -8.18. The fraction of sp³-hybridized carbons (Fsp3) is 0.625. The van der Waals surface area contributed by atoms with Gasteiger partial charge in [-0.05, 0) is 6.42 Å². The SMILES string of the molecule is C=C(CC)C(=O)OOC(F)(F)C(F)(F)C(F)(F)F. The Morgan fingerprint density at radius 3 is 1.89 bits per heavy atom. The second kappa shape index (κ2) is 5.12. The molecule has 0 saturated carbocycles. The van der Waals surface area contributed by atoms with Gasteiger partial charge in [-0.1, -0.05) is 13.5 Å². The van der Waals surface area contributed by atoms with Crippen molar-refractivity contribution in [2.24, 2.45) is 0 Å². The number of carbonyl (C=O) groups excluding carboxylic acids is 1. The lowest BCUT2D eigenvalue weighted by Crippen LogP contribution is -2.53. The molecule has 0 saturated heterocycles. The van der Waals surface area contributed by atoms with Gasteiger partial charge in [0.1, 0.15) is 0 Å². The van der Waals surface area contributed by atoms with Crippen molar-refractivity contribution in [1.29, 1.82) is 0 Å². The van der Waals surface area contributed by atoms with Gasteiger partial charge in [-0.25, -0.2) is 4.79 Å². The zero-order valence-corrected chi connectivity index (χ0v) is 8.78. The molecule has 0 rings (SSSR count). The highest BCUT2D eigenvalue weighted by Gasteiger charge is 2.76. The van der Waals surface area contributed by atoms with Crippen molar-refractivity contribution >= 4 is 5.97 Å². The van der Waals surface area contributed by atoms with E-state index in [2.05, 4.69) is 16.4 Å². The Hall–Kier alpha value is -1.32. The van der Waals surface area contributed by atoms with Gasteiger partial charge in [0.15, 0.2) is 0 Å². The molecule has 0 unspecified atom stereocenters. The summed E-state index contributed by atoms with van der Waals surface area (Å²) in [4.78, 5) is 16.5. The molecule has 0 amide bonds. The Bertz CT molecular complexity index is 334. The van der Waals surface area contributed by atoms with Crippen LogP contribution in [0.3, 0.4) is 0 Å². The van der Waals surface area contributed by atoms with Crippen LogP contribution in [-0.2, 0) is 14.6 Å². The predicted octanol–water partition coefficient (Wildman–Crippen LogP) is 3.22. The van der Waals surface area contributed by atoms with Gasteiger partial charge in [0.2, 0.25) is 0 Å². The first-order chi connectivity index (χ1) is 7.87. The Kier molecular flexibility index (Phi) is 4.75. The number of hydrogen-bond donors (Lipinski definition) is 0. The van der Waals surface area contributed by atoms with E-state index in [1.165, 1.54) is 6.92 Å². The maximum atomic E-state index is 12.4. The van der Waals surface area contributed by atoms with E-state index in [0.717, 1.165) is 0 Å². The zero-order valence-electron chi connectivity index (χ0n) is 8.78. The van der Waals surface area contributed by atoms with Crippen LogP contribution in [-0.4, -0.2) is 24.2 Å². The number of alkyl halides is 7. The van der Waals surface area contributed by atoms with E-state index in [4.69, 9.17) is 0 Å². The summed E-state index contributed by atoms with van der Waals surface area (Å²) < 4.78 is 84.1. The summed E-state index contributed by atoms with van der Waals surface area (Å²) in [7, 11) is 0. The summed E-state index contributed by atoms with van der Waals surface area (Å²) >= 11 is 0. The molecule has 0 aliphatic rings. The van der Waals surface area contributed by atoms with Crippen LogP contribution in [0.2, 0.25) is 0 Å². The van der Waals surface area contributed by atoms with Gasteiger partial charge in [-0.15, -0.1) is 4.89 Å². The van der Waals surface area contributed by atoms with Crippen molar-refractivity contribution < 1.29 is 45.3 Å². The van der Waals surface area contributed by atoms with Gasteiger partial charge in [0.25, 0.3) is 0 Å². The number of rotatable bonds is 5. The van der Waals surface area contributed by atoms with Gasteiger partial charge in [-0.3, -0.25) is 4.89 Å². The number of carbonyl (C=O) groups is 1. The van der Waals surface area contributed by atoms with Crippen molar-refractivity contribution in [2.45, 2.75) is 31.6 Å². The van der Waals surface area contributed by atoms with Gasteiger partial charge in [0, 0.05) is 5.57 Å². The van der Waals surface area contributed by atoms with Gasteiger partial charge in [-0.2, -0.15) is 30.7 Å².